The van der Waals surface area contributed by atoms with Crippen LogP contribution >= 0.6 is 0 Å². The van der Waals surface area contributed by atoms with Crippen molar-refractivity contribution in [1.29, 1.82) is 0 Å². The van der Waals surface area contributed by atoms with Crippen LogP contribution < -0.4 is 0 Å². The van der Waals surface area contributed by atoms with Gasteiger partial charge in [-0.2, -0.15) is 0 Å². The van der Waals surface area contributed by atoms with Gasteiger partial charge in [-0.1, -0.05) is 56.3 Å². The van der Waals surface area contributed by atoms with Gasteiger partial charge < -0.3 is 9.47 Å². The quantitative estimate of drug-likeness (QED) is 0.390. The van der Waals surface area contributed by atoms with E-state index in [1.807, 2.05) is 18.2 Å². The Morgan fingerprint density at radius 3 is 2.62 bits per heavy atom. The molecule has 0 saturated heterocycles. The lowest BCUT2D eigenvalue weighted by Gasteiger charge is -2.19. The van der Waals surface area contributed by atoms with Crippen LogP contribution in [0.25, 0.3) is 0 Å². The molecular weight excluding hydrogens is 264 g/mol. The van der Waals surface area contributed by atoms with E-state index >= 15 is 0 Å². The molecule has 0 N–H and O–H groups in total. The third-order valence-corrected chi connectivity index (χ3v) is 3.31. The summed E-state index contributed by atoms with van der Waals surface area (Å²) < 4.78 is 10.3. The summed E-state index contributed by atoms with van der Waals surface area (Å²) in [5, 5.41) is 0. The maximum absolute atomic E-state index is 11.1. The molecule has 116 valence electrons. The first-order chi connectivity index (χ1) is 10.0. The second-order valence-corrected chi connectivity index (χ2v) is 5.79. The third kappa shape index (κ3) is 8.30. The van der Waals surface area contributed by atoms with Crippen molar-refractivity contribution in [2.75, 3.05) is 13.7 Å². The highest BCUT2D eigenvalue weighted by molar-refractivity contribution is 5.69. The van der Waals surface area contributed by atoms with Crippen LogP contribution in [0.4, 0.5) is 0 Å². The van der Waals surface area contributed by atoms with E-state index < -0.39 is 0 Å². The number of rotatable bonds is 9. The molecule has 0 fully saturated rings. The van der Waals surface area contributed by atoms with Crippen LogP contribution in [0.5, 0.6) is 0 Å². The molecule has 0 spiro atoms. The molecule has 0 aliphatic heterocycles. The number of allylic oxidation sites excluding steroid dienone is 1. The second kappa shape index (κ2) is 9.35. The standard InChI is InChI=1S/C18H26O3/c1-18(2,13-11-17(19)20-3)12-7-8-14-21-15-16-9-5-4-6-10-16/h4-7,9-10,12H,8,11,13-15H2,1-3H3/b12-7-. The number of methoxy groups -OCH3 is 1. The molecule has 0 heterocycles. The number of ether oxygens (including phenoxy) is 2. The van der Waals surface area contributed by atoms with E-state index in [0.717, 1.165) is 12.8 Å². The van der Waals surface area contributed by atoms with Gasteiger partial charge in [0.1, 0.15) is 0 Å². The summed E-state index contributed by atoms with van der Waals surface area (Å²) in [5.74, 6) is -0.150. The van der Waals surface area contributed by atoms with Gasteiger partial charge in [-0.15, -0.1) is 0 Å². The van der Waals surface area contributed by atoms with E-state index in [2.05, 4.69) is 42.9 Å². The van der Waals surface area contributed by atoms with E-state index in [1.165, 1.54) is 12.7 Å². The zero-order valence-corrected chi connectivity index (χ0v) is 13.3. The molecular formula is C18H26O3. The molecule has 0 atom stereocenters. The maximum Gasteiger partial charge on any atom is 0.305 e. The topological polar surface area (TPSA) is 35.5 Å². The van der Waals surface area contributed by atoms with E-state index in [-0.39, 0.29) is 11.4 Å². The van der Waals surface area contributed by atoms with Crippen molar-refractivity contribution in [3.05, 3.63) is 48.0 Å². The SMILES string of the molecule is COC(=O)CCC(C)(C)/C=C\CCOCc1ccccc1. The molecule has 0 amide bonds. The van der Waals surface area contributed by atoms with Crippen LogP contribution in [-0.4, -0.2) is 19.7 Å². The summed E-state index contributed by atoms with van der Waals surface area (Å²) >= 11 is 0. The van der Waals surface area contributed by atoms with E-state index in [4.69, 9.17) is 4.74 Å². The third-order valence-electron chi connectivity index (χ3n) is 3.31. The van der Waals surface area contributed by atoms with Gasteiger partial charge in [0.05, 0.1) is 20.3 Å². The summed E-state index contributed by atoms with van der Waals surface area (Å²) in [5.41, 5.74) is 1.20. The van der Waals surface area contributed by atoms with Gasteiger partial charge in [-0.3, -0.25) is 4.79 Å². The Hall–Kier alpha value is -1.61. The van der Waals surface area contributed by atoms with E-state index in [1.54, 1.807) is 0 Å². The Morgan fingerprint density at radius 1 is 1.24 bits per heavy atom. The molecule has 0 aliphatic carbocycles. The molecule has 0 aromatic heterocycles. The number of benzene rings is 1. The monoisotopic (exact) mass is 290 g/mol. The van der Waals surface area contributed by atoms with E-state index in [9.17, 15) is 4.79 Å². The first-order valence-corrected chi connectivity index (χ1v) is 7.40. The van der Waals surface area contributed by atoms with Gasteiger partial charge in [-0.05, 0) is 23.8 Å². The lowest BCUT2D eigenvalue weighted by Crippen LogP contribution is -2.11. The number of hydrogen-bond donors (Lipinski definition) is 0. The molecule has 0 unspecified atom stereocenters. The van der Waals surface area contributed by atoms with Crippen molar-refractivity contribution >= 4 is 5.97 Å². The smallest absolute Gasteiger partial charge is 0.305 e. The fraction of sp³-hybridized carbons (Fsp3) is 0.500. The Kier molecular flexibility index (Phi) is 7.76. The van der Waals surface area contributed by atoms with Gasteiger partial charge in [0.25, 0.3) is 0 Å². The summed E-state index contributed by atoms with van der Waals surface area (Å²) in [6.07, 6.45) is 6.41. The lowest BCUT2D eigenvalue weighted by atomic mass is 9.87. The van der Waals surface area contributed by atoms with Crippen LogP contribution in [0.15, 0.2) is 42.5 Å². The number of hydrogen-bond acceptors (Lipinski definition) is 3. The molecule has 0 aliphatic rings. The van der Waals surface area contributed by atoms with E-state index in [0.29, 0.717) is 19.6 Å². The Bertz CT molecular complexity index is 435. The van der Waals surface area contributed by atoms with Crippen LogP contribution in [0.3, 0.4) is 0 Å². The zero-order chi connectivity index (χ0) is 15.6. The number of carbonyl (C=O) groups is 1. The predicted octanol–water partition coefficient (Wildman–Crippen LogP) is 4.13. The van der Waals surface area contributed by atoms with Crippen molar-refractivity contribution in [2.24, 2.45) is 5.41 Å². The molecule has 0 radical (unpaired) electrons. The minimum Gasteiger partial charge on any atom is -0.469 e. The van der Waals surface area contributed by atoms with Crippen molar-refractivity contribution < 1.29 is 14.3 Å². The molecule has 3 nitrogen and oxygen atoms in total. The molecule has 21 heavy (non-hydrogen) atoms. The van der Waals surface area contributed by atoms with Crippen LogP contribution in [-0.2, 0) is 20.9 Å². The summed E-state index contributed by atoms with van der Waals surface area (Å²) in [6.45, 7) is 5.60. The van der Waals surface area contributed by atoms with Crippen molar-refractivity contribution in [3.63, 3.8) is 0 Å². The Labute approximate surface area is 128 Å². The molecule has 1 aromatic rings. The highest BCUT2D eigenvalue weighted by Crippen LogP contribution is 2.24. The molecule has 3 heteroatoms. The normalized spacial score (nSPS) is 11.8. The van der Waals surface area contributed by atoms with Crippen LogP contribution in [0.2, 0.25) is 0 Å². The Morgan fingerprint density at radius 2 is 1.95 bits per heavy atom. The summed E-state index contributed by atoms with van der Waals surface area (Å²) in [7, 11) is 1.43. The van der Waals surface area contributed by atoms with Gasteiger partial charge in [0.15, 0.2) is 0 Å². The van der Waals surface area contributed by atoms with Crippen molar-refractivity contribution in [3.8, 4) is 0 Å². The maximum atomic E-state index is 11.1. The van der Waals surface area contributed by atoms with Gasteiger partial charge in [0, 0.05) is 6.42 Å². The fourth-order valence-corrected chi connectivity index (χ4v) is 1.93. The highest BCUT2D eigenvalue weighted by atomic mass is 16.5. The number of carbonyl (C=O) groups excluding carboxylic acids is 1. The summed E-state index contributed by atoms with van der Waals surface area (Å²) in [4.78, 5) is 11.1. The largest absolute Gasteiger partial charge is 0.469 e. The first kappa shape index (κ1) is 17.4. The average molecular weight is 290 g/mol. The minimum absolute atomic E-state index is 0.00756. The molecule has 0 saturated carbocycles. The minimum atomic E-state index is -0.150. The highest BCUT2D eigenvalue weighted by Gasteiger charge is 2.15. The second-order valence-electron chi connectivity index (χ2n) is 5.79. The average Bonchev–Trinajstić information content (AvgIpc) is 2.49. The fourth-order valence-electron chi connectivity index (χ4n) is 1.93. The predicted molar refractivity (Wildman–Crippen MR) is 84.9 cm³/mol. The molecule has 0 bridgehead atoms. The van der Waals surface area contributed by atoms with Crippen LogP contribution in [0.1, 0.15) is 38.7 Å². The van der Waals surface area contributed by atoms with Gasteiger partial charge >= 0.3 is 5.97 Å². The van der Waals surface area contributed by atoms with Crippen LogP contribution in [0, 0.1) is 5.41 Å². The first-order valence-electron chi connectivity index (χ1n) is 7.40. The molecule has 1 aromatic carbocycles. The number of esters is 1. The Balaban J connectivity index is 2.17. The van der Waals surface area contributed by atoms with Gasteiger partial charge in [-0.25, -0.2) is 0 Å². The van der Waals surface area contributed by atoms with Crippen molar-refractivity contribution in [2.45, 2.75) is 39.7 Å². The van der Waals surface area contributed by atoms with Crippen molar-refractivity contribution in [1.82, 2.24) is 0 Å². The van der Waals surface area contributed by atoms with Gasteiger partial charge in [0.2, 0.25) is 0 Å². The molecule has 1 rings (SSSR count). The summed E-state index contributed by atoms with van der Waals surface area (Å²) in [6, 6.07) is 10.2. The zero-order valence-electron chi connectivity index (χ0n) is 13.3. The lowest BCUT2D eigenvalue weighted by molar-refractivity contribution is -0.141.